The van der Waals surface area contributed by atoms with Crippen LogP contribution in [0, 0.1) is 6.92 Å². The fraction of sp³-hybridized carbons (Fsp3) is 0.455. The van der Waals surface area contributed by atoms with Crippen molar-refractivity contribution in [3.63, 3.8) is 0 Å². The van der Waals surface area contributed by atoms with Crippen molar-refractivity contribution >= 4 is 5.65 Å². The summed E-state index contributed by atoms with van der Waals surface area (Å²) in [5.41, 5.74) is 4.49. The topological polar surface area (TPSA) is 71.9 Å². The number of aromatic amines is 1. The number of hydrogen-bond donors (Lipinski definition) is 1. The van der Waals surface area contributed by atoms with Gasteiger partial charge in [-0.3, -0.25) is 14.8 Å². The highest BCUT2D eigenvalue weighted by molar-refractivity contribution is 5.43. The lowest BCUT2D eigenvalue weighted by Crippen LogP contribution is -2.22. The normalized spacial score (nSPS) is 17.2. The molecule has 0 aliphatic carbocycles. The lowest BCUT2D eigenvalue weighted by Gasteiger charge is -2.18. The largest absolute Gasteiger partial charge is 0.497 e. The smallest absolute Gasteiger partial charge is 0.276 e. The van der Waals surface area contributed by atoms with Gasteiger partial charge in [0.2, 0.25) is 0 Å². The minimum Gasteiger partial charge on any atom is -0.497 e. The number of aryl methyl sites for hydroxylation is 1. The van der Waals surface area contributed by atoms with Crippen molar-refractivity contribution < 1.29 is 9.47 Å². The Labute approximate surface area is 170 Å². The predicted molar refractivity (Wildman–Crippen MR) is 112 cm³/mol. The molecule has 7 heteroatoms. The molecule has 1 aromatic carbocycles. The summed E-state index contributed by atoms with van der Waals surface area (Å²) in [6.45, 7) is 6.60. The summed E-state index contributed by atoms with van der Waals surface area (Å²) < 4.78 is 12.5. The summed E-state index contributed by atoms with van der Waals surface area (Å²) in [7, 11) is 3.37. The quantitative estimate of drug-likeness (QED) is 0.694. The molecule has 4 rings (SSSR count). The van der Waals surface area contributed by atoms with E-state index in [9.17, 15) is 4.79 Å². The van der Waals surface area contributed by atoms with E-state index < -0.39 is 0 Å². The number of ether oxygens (including phenoxy) is 2. The first-order valence-electron chi connectivity index (χ1n) is 10.1. The maximum absolute atomic E-state index is 12.7. The van der Waals surface area contributed by atoms with E-state index in [1.54, 1.807) is 18.7 Å². The third kappa shape index (κ3) is 3.62. The average Bonchev–Trinajstić information content (AvgIpc) is 3.35. The Morgan fingerprint density at radius 1 is 1.24 bits per heavy atom. The first-order valence-corrected chi connectivity index (χ1v) is 10.1. The van der Waals surface area contributed by atoms with Crippen LogP contribution >= 0.6 is 0 Å². The Balaban J connectivity index is 1.55. The van der Waals surface area contributed by atoms with E-state index in [0.717, 1.165) is 60.1 Å². The molecule has 1 aliphatic rings. The van der Waals surface area contributed by atoms with Crippen molar-refractivity contribution in [3.8, 4) is 11.5 Å². The Morgan fingerprint density at radius 3 is 2.79 bits per heavy atom. The number of H-pyrrole nitrogens is 1. The number of fused-ring (bicyclic) bond motifs is 1. The standard InChI is InChI=1S/C22H28N4O3/c1-5-18-14(2)23-21-11-19(24-26(21)22(18)27)15-8-9-25(12-15)13-16-10-17(28-3)6-7-20(16)29-4/h6-7,10-11,15,24H,5,8-9,12-13H2,1-4H3/t15-/m1/s1. The highest BCUT2D eigenvalue weighted by Crippen LogP contribution is 2.31. The van der Waals surface area contributed by atoms with Gasteiger partial charge in [0.05, 0.1) is 14.2 Å². The van der Waals surface area contributed by atoms with Crippen LogP contribution in [-0.4, -0.2) is 46.8 Å². The third-order valence-electron chi connectivity index (χ3n) is 5.88. The molecule has 1 N–H and O–H groups in total. The van der Waals surface area contributed by atoms with Gasteiger partial charge in [-0.1, -0.05) is 6.92 Å². The lowest BCUT2D eigenvalue weighted by molar-refractivity contribution is 0.315. The SMILES string of the molecule is CCc1c(C)nc2cc([C@@H]3CCN(Cc4cc(OC)ccc4OC)C3)[nH]n2c1=O. The minimum atomic E-state index is 0.0113. The molecule has 1 saturated heterocycles. The van der Waals surface area contributed by atoms with E-state index in [1.807, 2.05) is 38.1 Å². The zero-order valence-corrected chi connectivity index (χ0v) is 17.5. The Hall–Kier alpha value is -2.80. The summed E-state index contributed by atoms with van der Waals surface area (Å²) in [6, 6.07) is 7.92. The molecular formula is C22H28N4O3. The Bertz CT molecular complexity index is 1090. The van der Waals surface area contributed by atoms with Crippen molar-refractivity contribution in [1.82, 2.24) is 19.5 Å². The van der Waals surface area contributed by atoms with Crippen LogP contribution in [0.4, 0.5) is 0 Å². The van der Waals surface area contributed by atoms with Gasteiger partial charge in [0, 0.05) is 47.6 Å². The molecule has 3 aromatic rings. The van der Waals surface area contributed by atoms with Crippen LogP contribution in [-0.2, 0) is 13.0 Å². The summed E-state index contributed by atoms with van der Waals surface area (Å²) in [5, 5.41) is 3.30. The molecule has 1 fully saturated rings. The monoisotopic (exact) mass is 396 g/mol. The van der Waals surface area contributed by atoms with Crippen LogP contribution in [0.3, 0.4) is 0 Å². The van der Waals surface area contributed by atoms with Crippen molar-refractivity contribution in [3.05, 3.63) is 57.1 Å². The number of hydrogen-bond acceptors (Lipinski definition) is 5. The van der Waals surface area contributed by atoms with Crippen LogP contribution in [0.2, 0.25) is 0 Å². The van der Waals surface area contributed by atoms with E-state index in [2.05, 4.69) is 15.0 Å². The second-order valence-electron chi connectivity index (χ2n) is 7.64. The van der Waals surface area contributed by atoms with Crippen molar-refractivity contribution in [2.75, 3.05) is 27.3 Å². The molecule has 29 heavy (non-hydrogen) atoms. The van der Waals surface area contributed by atoms with Gasteiger partial charge in [0.1, 0.15) is 11.5 Å². The summed E-state index contributed by atoms with van der Waals surface area (Å²) in [5.74, 6) is 2.05. The Kier molecular flexibility index (Phi) is 5.32. The van der Waals surface area contributed by atoms with Crippen molar-refractivity contribution in [1.29, 1.82) is 0 Å². The molecule has 0 bridgehead atoms. The molecule has 3 heterocycles. The molecule has 0 spiro atoms. The van der Waals surface area contributed by atoms with E-state index in [0.29, 0.717) is 18.0 Å². The molecular weight excluding hydrogens is 368 g/mol. The maximum Gasteiger partial charge on any atom is 0.276 e. The molecule has 154 valence electrons. The van der Waals surface area contributed by atoms with Crippen LogP contribution in [0.25, 0.3) is 5.65 Å². The summed E-state index contributed by atoms with van der Waals surface area (Å²) in [4.78, 5) is 19.7. The van der Waals surface area contributed by atoms with Crippen molar-refractivity contribution in [2.24, 2.45) is 0 Å². The molecule has 0 radical (unpaired) electrons. The number of likely N-dealkylation sites (tertiary alicyclic amines) is 1. The highest BCUT2D eigenvalue weighted by atomic mass is 16.5. The van der Waals surface area contributed by atoms with Crippen LogP contribution in [0.15, 0.2) is 29.1 Å². The number of rotatable bonds is 6. The zero-order chi connectivity index (χ0) is 20.5. The molecule has 0 unspecified atom stereocenters. The minimum absolute atomic E-state index is 0.0113. The number of aromatic nitrogens is 3. The van der Waals surface area contributed by atoms with Gasteiger partial charge >= 0.3 is 0 Å². The summed E-state index contributed by atoms with van der Waals surface area (Å²) >= 11 is 0. The van der Waals surface area contributed by atoms with Crippen LogP contribution < -0.4 is 15.0 Å². The highest BCUT2D eigenvalue weighted by Gasteiger charge is 2.26. The zero-order valence-electron chi connectivity index (χ0n) is 17.5. The second kappa shape index (κ2) is 7.91. The van der Waals surface area contributed by atoms with Gasteiger partial charge in [0.15, 0.2) is 5.65 Å². The van der Waals surface area contributed by atoms with Gasteiger partial charge in [-0.15, -0.1) is 0 Å². The van der Waals surface area contributed by atoms with E-state index >= 15 is 0 Å². The van der Waals surface area contributed by atoms with Gasteiger partial charge in [-0.2, -0.15) is 0 Å². The number of benzene rings is 1. The molecule has 1 atom stereocenters. The van der Waals surface area contributed by atoms with Gasteiger partial charge in [0.25, 0.3) is 5.56 Å². The number of nitrogens with zero attached hydrogens (tertiary/aromatic N) is 3. The molecule has 1 aliphatic heterocycles. The van der Waals surface area contributed by atoms with Gasteiger partial charge < -0.3 is 9.47 Å². The number of methoxy groups -OCH3 is 2. The summed E-state index contributed by atoms with van der Waals surface area (Å²) in [6.07, 6.45) is 1.72. The molecule has 0 saturated carbocycles. The fourth-order valence-corrected chi connectivity index (χ4v) is 4.28. The lowest BCUT2D eigenvalue weighted by atomic mass is 10.1. The Morgan fingerprint density at radius 2 is 2.07 bits per heavy atom. The second-order valence-corrected chi connectivity index (χ2v) is 7.64. The fourth-order valence-electron chi connectivity index (χ4n) is 4.28. The van der Waals surface area contributed by atoms with Gasteiger partial charge in [-0.25, -0.2) is 9.50 Å². The van der Waals surface area contributed by atoms with E-state index in [4.69, 9.17) is 9.47 Å². The van der Waals surface area contributed by atoms with Gasteiger partial charge in [-0.05, 0) is 44.5 Å². The molecule has 0 amide bonds. The number of nitrogens with one attached hydrogen (secondary N) is 1. The molecule has 2 aromatic heterocycles. The van der Waals surface area contributed by atoms with E-state index in [1.165, 1.54) is 0 Å². The third-order valence-corrected chi connectivity index (χ3v) is 5.88. The van der Waals surface area contributed by atoms with Crippen LogP contribution in [0.5, 0.6) is 11.5 Å². The molecule has 7 nitrogen and oxygen atoms in total. The first kappa shape index (κ1) is 19.5. The first-order chi connectivity index (χ1) is 14.0. The maximum atomic E-state index is 12.7. The van der Waals surface area contributed by atoms with Crippen molar-refractivity contribution in [2.45, 2.75) is 39.2 Å². The van der Waals surface area contributed by atoms with Crippen LogP contribution in [0.1, 0.15) is 41.8 Å². The predicted octanol–water partition coefficient (Wildman–Crippen LogP) is 2.90. The van der Waals surface area contributed by atoms with E-state index in [-0.39, 0.29) is 5.56 Å². The average molecular weight is 396 g/mol.